The van der Waals surface area contributed by atoms with Crippen LogP contribution in [0.15, 0.2) is 23.1 Å². The lowest BCUT2D eigenvalue weighted by Crippen LogP contribution is -2.41. The van der Waals surface area contributed by atoms with Gasteiger partial charge in [0.25, 0.3) is 0 Å². The van der Waals surface area contributed by atoms with Gasteiger partial charge in [-0.05, 0) is 38.0 Å². The summed E-state index contributed by atoms with van der Waals surface area (Å²) in [5, 5.41) is -0.0266. The van der Waals surface area contributed by atoms with E-state index in [0.29, 0.717) is 5.56 Å². The predicted octanol–water partition coefficient (Wildman–Crippen LogP) is 3.52. The van der Waals surface area contributed by atoms with Crippen LogP contribution in [0.5, 0.6) is 0 Å². The maximum atomic E-state index is 12.4. The number of benzene rings is 1. The smallest absolute Gasteiger partial charge is 0.240 e. The molecule has 0 saturated carbocycles. The molecule has 2 rings (SSSR count). The molecule has 0 spiro atoms. The van der Waals surface area contributed by atoms with E-state index in [2.05, 4.69) is 6.92 Å². The van der Waals surface area contributed by atoms with Crippen LogP contribution in [0, 0.1) is 0 Å². The second-order valence-electron chi connectivity index (χ2n) is 4.74. The number of carbonyl (C=O) groups excluding carboxylic acids is 2. The minimum Gasteiger partial charge on any atom is -0.310 e. The van der Waals surface area contributed by atoms with E-state index in [1.54, 1.807) is 18.7 Å². The Morgan fingerprint density at radius 2 is 2.11 bits per heavy atom. The van der Waals surface area contributed by atoms with Crippen molar-refractivity contribution >= 4 is 29.1 Å². The fourth-order valence-corrected chi connectivity index (χ4v) is 3.45. The van der Waals surface area contributed by atoms with Crippen LogP contribution in [0.4, 0.5) is 5.69 Å². The number of carbonyl (C=O) groups is 2. The molecule has 0 aromatic heterocycles. The number of hydrogen-bond acceptors (Lipinski definition) is 3. The second-order valence-corrected chi connectivity index (χ2v) is 5.99. The van der Waals surface area contributed by atoms with Gasteiger partial charge in [0, 0.05) is 17.0 Å². The average molecular weight is 277 g/mol. The zero-order chi connectivity index (χ0) is 14.0. The molecule has 1 aliphatic rings. The quantitative estimate of drug-likeness (QED) is 0.790. The third kappa shape index (κ3) is 2.68. The first-order valence-corrected chi connectivity index (χ1v) is 7.59. The lowest BCUT2D eigenvalue weighted by molar-refractivity contribution is -0.118. The lowest BCUT2D eigenvalue weighted by Gasteiger charge is -2.33. The molecule has 0 fully saturated rings. The van der Waals surface area contributed by atoms with E-state index >= 15 is 0 Å². The third-order valence-electron chi connectivity index (χ3n) is 3.29. The Hall–Kier alpha value is -1.29. The Balaban J connectivity index is 2.45. The molecule has 1 unspecified atom stereocenters. The van der Waals surface area contributed by atoms with Crippen molar-refractivity contribution in [2.45, 2.75) is 43.8 Å². The lowest BCUT2D eigenvalue weighted by atomic mass is 10.1. The molecule has 1 atom stereocenters. The number of Topliss-reactive ketones (excluding diaryl/α,β-unsaturated/α-hetero) is 1. The van der Waals surface area contributed by atoms with Gasteiger partial charge in [-0.3, -0.25) is 9.59 Å². The van der Waals surface area contributed by atoms with Gasteiger partial charge in [0.2, 0.25) is 5.91 Å². The summed E-state index contributed by atoms with van der Waals surface area (Å²) in [6.07, 6.45) is 1.74. The van der Waals surface area contributed by atoms with E-state index in [0.717, 1.165) is 30.0 Å². The highest BCUT2D eigenvalue weighted by Crippen LogP contribution is 2.40. The van der Waals surface area contributed by atoms with E-state index in [1.807, 2.05) is 30.0 Å². The summed E-state index contributed by atoms with van der Waals surface area (Å²) in [6, 6.07) is 5.63. The zero-order valence-corrected chi connectivity index (χ0v) is 12.4. The molecule has 3 nitrogen and oxygen atoms in total. The molecule has 1 aromatic carbocycles. The van der Waals surface area contributed by atoms with Crippen LogP contribution in [0.1, 0.15) is 44.0 Å². The first-order valence-electron chi connectivity index (χ1n) is 6.71. The van der Waals surface area contributed by atoms with E-state index in [-0.39, 0.29) is 16.9 Å². The SMILES string of the molecule is CCCN1C(=O)C(CC)Sc2cc(C(C)=O)ccc21. The highest BCUT2D eigenvalue weighted by molar-refractivity contribution is 8.01. The van der Waals surface area contributed by atoms with Crippen LogP contribution in [-0.2, 0) is 4.79 Å². The van der Waals surface area contributed by atoms with Gasteiger partial charge in [-0.25, -0.2) is 0 Å². The molecular formula is C15H19NO2S. The van der Waals surface area contributed by atoms with Crippen molar-refractivity contribution in [3.05, 3.63) is 23.8 Å². The van der Waals surface area contributed by atoms with Gasteiger partial charge in [0.1, 0.15) is 0 Å². The van der Waals surface area contributed by atoms with Gasteiger partial charge in [-0.15, -0.1) is 11.8 Å². The van der Waals surface area contributed by atoms with E-state index in [9.17, 15) is 9.59 Å². The minimum atomic E-state index is -0.0266. The summed E-state index contributed by atoms with van der Waals surface area (Å²) >= 11 is 1.58. The Morgan fingerprint density at radius 3 is 2.68 bits per heavy atom. The Morgan fingerprint density at radius 1 is 1.37 bits per heavy atom. The summed E-state index contributed by atoms with van der Waals surface area (Å²) in [5.41, 5.74) is 1.67. The third-order valence-corrected chi connectivity index (χ3v) is 4.69. The van der Waals surface area contributed by atoms with Crippen molar-refractivity contribution in [2.24, 2.45) is 0 Å². The maximum absolute atomic E-state index is 12.4. The number of ketones is 1. The van der Waals surface area contributed by atoms with Crippen LogP contribution in [-0.4, -0.2) is 23.5 Å². The van der Waals surface area contributed by atoms with Crippen molar-refractivity contribution < 1.29 is 9.59 Å². The number of anilines is 1. The van der Waals surface area contributed by atoms with Crippen LogP contribution in [0.2, 0.25) is 0 Å². The van der Waals surface area contributed by atoms with Crippen LogP contribution in [0.25, 0.3) is 0 Å². The summed E-state index contributed by atoms with van der Waals surface area (Å²) < 4.78 is 0. The van der Waals surface area contributed by atoms with Crippen molar-refractivity contribution in [3.8, 4) is 0 Å². The number of fused-ring (bicyclic) bond motifs is 1. The summed E-state index contributed by atoms with van der Waals surface area (Å²) in [5.74, 6) is 0.257. The predicted molar refractivity (Wildman–Crippen MR) is 79.0 cm³/mol. The van der Waals surface area contributed by atoms with Crippen molar-refractivity contribution in [2.75, 3.05) is 11.4 Å². The van der Waals surface area contributed by atoms with Gasteiger partial charge in [-0.1, -0.05) is 13.8 Å². The number of thioether (sulfide) groups is 1. The van der Waals surface area contributed by atoms with Crippen molar-refractivity contribution in [1.82, 2.24) is 0 Å². The topological polar surface area (TPSA) is 37.4 Å². The number of amides is 1. The van der Waals surface area contributed by atoms with Gasteiger partial charge in [0.15, 0.2) is 5.78 Å². The normalized spacial score (nSPS) is 18.4. The first kappa shape index (κ1) is 14.1. The summed E-state index contributed by atoms with van der Waals surface area (Å²) in [4.78, 5) is 26.7. The molecule has 1 heterocycles. The molecule has 102 valence electrons. The number of rotatable bonds is 4. The molecule has 0 bridgehead atoms. The average Bonchev–Trinajstić information content (AvgIpc) is 2.41. The fourth-order valence-electron chi connectivity index (χ4n) is 2.26. The monoisotopic (exact) mass is 277 g/mol. The molecule has 0 aliphatic carbocycles. The summed E-state index contributed by atoms with van der Waals surface area (Å²) in [7, 11) is 0. The van der Waals surface area contributed by atoms with Gasteiger partial charge >= 0.3 is 0 Å². The molecule has 0 N–H and O–H groups in total. The molecular weight excluding hydrogens is 258 g/mol. The van der Waals surface area contributed by atoms with Crippen LogP contribution < -0.4 is 4.90 Å². The molecule has 1 amide bonds. The second kappa shape index (κ2) is 5.78. The standard InChI is InChI=1S/C15H19NO2S/c1-4-8-16-12-7-6-11(10(3)17)9-14(12)19-13(5-2)15(16)18/h6-7,9,13H,4-5,8H2,1-3H3. The molecule has 4 heteroatoms. The van der Waals surface area contributed by atoms with E-state index in [1.165, 1.54) is 0 Å². The number of nitrogens with zero attached hydrogens (tertiary/aromatic N) is 1. The van der Waals surface area contributed by atoms with Crippen LogP contribution >= 0.6 is 11.8 Å². The molecule has 1 aliphatic heterocycles. The fraction of sp³-hybridized carbons (Fsp3) is 0.467. The maximum Gasteiger partial charge on any atom is 0.240 e. The molecule has 0 radical (unpaired) electrons. The van der Waals surface area contributed by atoms with Gasteiger partial charge in [-0.2, -0.15) is 0 Å². The Labute approximate surface area is 118 Å². The van der Waals surface area contributed by atoms with Crippen LogP contribution in [0.3, 0.4) is 0 Å². The number of hydrogen-bond donors (Lipinski definition) is 0. The zero-order valence-electron chi connectivity index (χ0n) is 11.6. The van der Waals surface area contributed by atoms with Crippen molar-refractivity contribution in [3.63, 3.8) is 0 Å². The first-order chi connectivity index (χ1) is 9.08. The van der Waals surface area contributed by atoms with Gasteiger partial charge in [0.05, 0.1) is 10.9 Å². The minimum absolute atomic E-state index is 0.0266. The largest absolute Gasteiger partial charge is 0.310 e. The van der Waals surface area contributed by atoms with E-state index < -0.39 is 0 Å². The molecule has 19 heavy (non-hydrogen) atoms. The highest BCUT2D eigenvalue weighted by Gasteiger charge is 2.32. The van der Waals surface area contributed by atoms with E-state index in [4.69, 9.17) is 0 Å². The summed E-state index contributed by atoms with van der Waals surface area (Å²) in [6.45, 7) is 6.41. The highest BCUT2D eigenvalue weighted by atomic mass is 32.2. The van der Waals surface area contributed by atoms with Gasteiger partial charge < -0.3 is 4.90 Å². The molecule has 1 aromatic rings. The van der Waals surface area contributed by atoms with Crippen molar-refractivity contribution in [1.29, 1.82) is 0 Å². The molecule has 0 saturated heterocycles. The Kier molecular flexibility index (Phi) is 4.30. The Bertz CT molecular complexity index is 513.